The molecule has 0 aromatic rings. The molecular formula is C16H34N4. The summed E-state index contributed by atoms with van der Waals surface area (Å²) >= 11 is 0. The van der Waals surface area contributed by atoms with Crippen molar-refractivity contribution in [2.45, 2.75) is 26.7 Å². The van der Waals surface area contributed by atoms with Gasteiger partial charge in [-0.05, 0) is 44.9 Å². The number of piperazine rings is 1. The van der Waals surface area contributed by atoms with Crippen molar-refractivity contribution in [1.29, 1.82) is 0 Å². The number of rotatable bonds is 2. The van der Waals surface area contributed by atoms with Crippen molar-refractivity contribution in [3.63, 3.8) is 0 Å². The predicted molar refractivity (Wildman–Crippen MR) is 86.3 cm³/mol. The van der Waals surface area contributed by atoms with Gasteiger partial charge in [0.1, 0.15) is 0 Å². The number of hydrogen-bond acceptors (Lipinski definition) is 4. The summed E-state index contributed by atoms with van der Waals surface area (Å²) in [5, 5.41) is 3.62. The van der Waals surface area contributed by atoms with E-state index in [2.05, 4.69) is 33.9 Å². The van der Waals surface area contributed by atoms with Crippen molar-refractivity contribution < 1.29 is 0 Å². The van der Waals surface area contributed by atoms with Crippen LogP contribution in [0.1, 0.15) is 26.7 Å². The maximum absolute atomic E-state index is 3.62. The zero-order chi connectivity index (χ0) is 14.2. The fourth-order valence-electron chi connectivity index (χ4n) is 3.36. The van der Waals surface area contributed by atoms with E-state index in [0.717, 1.165) is 12.5 Å². The lowest BCUT2D eigenvalue weighted by molar-refractivity contribution is 0.122. The van der Waals surface area contributed by atoms with Crippen molar-refractivity contribution >= 4 is 0 Å². The molecule has 20 heavy (non-hydrogen) atoms. The van der Waals surface area contributed by atoms with Crippen molar-refractivity contribution in [2.75, 3.05) is 72.0 Å². The quantitative estimate of drug-likeness (QED) is 0.814. The molecule has 4 nitrogen and oxygen atoms in total. The highest BCUT2D eigenvalue weighted by Crippen LogP contribution is 2.05. The highest BCUT2D eigenvalue weighted by Gasteiger charge is 2.17. The first-order chi connectivity index (χ1) is 9.74. The standard InChI is InChI=1S/C16H34N4/c1-16(2)15-20-9-4-8-19-13-11-18(12-14-19)7-3-5-17-6-10-20/h16-17H,3-15H2,1-2H3. The Morgan fingerprint density at radius 2 is 1.40 bits per heavy atom. The van der Waals surface area contributed by atoms with Crippen LogP contribution in [0.25, 0.3) is 0 Å². The van der Waals surface area contributed by atoms with Gasteiger partial charge in [-0.25, -0.2) is 0 Å². The van der Waals surface area contributed by atoms with Gasteiger partial charge < -0.3 is 20.0 Å². The average Bonchev–Trinajstić information content (AvgIpc) is 2.43. The van der Waals surface area contributed by atoms with E-state index < -0.39 is 0 Å². The van der Waals surface area contributed by atoms with Crippen LogP contribution in [0.2, 0.25) is 0 Å². The normalized spacial score (nSPS) is 31.4. The molecule has 3 rings (SSSR count). The monoisotopic (exact) mass is 282 g/mol. The van der Waals surface area contributed by atoms with E-state index in [0.29, 0.717) is 0 Å². The van der Waals surface area contributed by atoms with Crippen LogP contribution >= 0.6 is 0 Å². The Labute approximate surface area is 125 Å². The minimum Gasteiger partial charge on any atom is -0.315 e. The van der Waals surface area contributed by atoms with Gasteiger partial charge in [0, 0.05) is 45.8 Å². The molecule has 4 heteroatoms. The molecular weight excluding hydrogens is 248 g/mol. The van der Waals surface area contributed by atoms with Crippen molar-refractivity contribution in [3.05, 3.63) is 0 Å². The summed E-state index contributed by atoms with van der Waals surface area (Å²) < 4.78 is 0. The van der Waals surface area contributed by atoms with E-state index in [1.807, 2.05) is 0 Å². The van der Waals surface area contributed by atoms with Crippen LogP contribution < -0.4 is 5.32 Å². The molecule has 0 aromatic heterocycles. The Kier molecular flexibility index (Phi) is 7.28. The van der Waals surface area contributed by atoms with Gasteiger partial charge in [-0.15, -0.1) is 0 Å². The Bertz CT molecular complexity index is 246. The van der Waals surface area contributed by atoms with Gasteiger partial charge in [-0.2, -0.15) is 0 Å². The zero-order valence-electron chi connectivity index (χ0n) is 13.6. The highest BCUT2D eigenvalue weighted by atomic mass is 15.3. The Morgan fingerprint density at radius 1 is 0.750 bits per heavy atom. The predicted octanol–water partition coefficient (Wildman–Crippen LogP) is 0.945. The summed E-state index contributed by atoms with van der Waals surface area (Å²) in [5.74, 6) is 0.775. The van der Waals surface area contributed by atoms with E-state index in [4.69, 9.17) is 0 Å². The SMILES string of the molecule is CC(C)CN1CCCN2CCN(CCCNCC1)CC2. The lowest BCUT2D eigenvalue weighted by atomic mass is 10.2. The van der Waals surface area contributed by atoms with E-state index in [9.17, 15) is 0 Å². The van der Waals surface area contributed by atoms with Crippen LogP contribution in [0.15, 0.2) is 0 Å². The van der Waals surface area contributed by atoms with Gasteiger partial charge in [-0.1, -0.05) is 13.8 Å². The highest BCUT2D eigenvalue weighted by molar-refractivity contribution is 4.73. The molecule has 3 aliphatic heterocycles. The average molecular weight is 282 g/mol. The molecule has 0 atom stereocenters. The first kappa shape index (κ1) is 16.2. The summed E-state index contributed by atoms with van der Waals surface area (Å²) in [6.07, 6.45) is 2.62. The number of nitrogens with one attached hydrogen (secondary N) is 1. The van der Waals surface area contributed by atoms with Crippen molar-refractivity contribution in [1.82, 2.24) is 20.0 Å². The Hall–Kier alpha value is -0.160. The van der Waals surface area contributed by atoms with Crippen LogP contribution in [0, 0.1) is 5.92 Å². The minimum absolute atomic E-state index is 0.775. The number of fused-ring (bicyclic) bond motifs is 11. The summed E-state index contributed by atoms with van der Waals surface area (Å²) in [4.78, 5) is 7.95. The van der Waals surface area contributed by atoms with Gasteiger partial charge in [0.05, 0.1) is 0 Å². The minimum atomic E-state index is 0.775. The third-order valence-corrected chi connectivity index (χ3v) is 4.47. The third kappa shape index (κ3) is 6.08. The lowest BCUT2D eigenvalue weighted by Gasteiger charge is -2.35. The molecule has 0 aliphatic carbocycles. The molecule has 1 N–H and O–H groups in total. The second kappa shape index (κ2) is 8.98. The Balaban J connectivity index is 1.80. The van der Waals surface area contributed by atoms with Crippen molar-refractivity contribution in [2.24, 2.45) is 5.92 Å². The Morgan fingerprint density at radius 3 is 2.05 bits per heavy atom. The summed E-state index contributed by atoms with van der Waals surface area (Å²) in [6.45, 7) is 18.4. The van der Waals surface area contributed by atoms with E-state index in [1.165, 1.54) is 78.3 Å². The van der Waals surface area contributed by atoms with E-state index >= 15 is 0 Å². The molecule has 3 fully saturated rings. The molecule has 3 saturated heterocycles. The number of hydrogen-bond donors (Lipinski definition) is 1. The molecule has 118 valence electrons. The summed E-state index contributed by atoms with van der Waals surface area (Å²) in [6, 6.07) is 0. The summed E-state index contributed by atoms with van der Waals surface area (Å²) in [7, 11) is 0. The summed E-state index contributed by atoms with van der Waals surface area (Å²) in [5.41, 5.74) is 0. The largest absolute Gasteiger partial charge is 0.315 e. The van der Waals surface area contributed by atoms with Gasteiger partial charge in [0.15, 0.2) is 0 Å². The first-order valence-electron chi connectivity index (χ1n) is 8.62. The third-order valence-electron chi connectivity index (χ3n) is 4.47. The second-order valence-electron chi connectivity index (χ2n) is 6.83. The molecule has 3 aliphatic rings. The lowest BCUT2D eigenvalue weighted by Crippen LogP contribution is -2.48. The molecule has 0 unspecified atom stereocenters. The maximum Gasteiger partial charge on any atom is 0.0110 e. The smallest absolute Gasteiger partial charge is 0.0110 e. The fourth-order valence-corrected chi connectivity index (χ4v) is 3.36. The molecule has 3 heterocycles. The fraction of sp³-hybridized carbons (Fsp3) is 1.00. The molecule has 0 amide bonds. The maximum atomic E-state index is 3.62. The van der Waals surface area contributed by atoms with Crippen LogP contribution in [-0.2, 0) is 0 Å². The van der Waals surface area contributed by atoms with Crippen LogP contribution in [0.4, 0.5) is 0 Å². The first-order valence-corrected chi connectivity index (χ1v) is 8.62. The van der Waals surface area contributed by atoms with Crippen LogP contribution in [-0.4, -0.2) is 86.7 Å². The number of nitrogens with zero attached hydrogens (tertiary/aromatic N) is 3. The van der Waals surface area contributed by atoms with Crippen LogP contribution in [0.3, 0.4) is 0 Å². The van der Waals surface area contributed by atoms with Gasteiger partial charge >= 0.3 is 0 Å². The van der Waals surface area contributed by atoms with Gasteiger partial charge in [-0.3, -0.25) is 0 Å². The van der Waals surface area contributed by atoms with Crippen molar-refractivity contribution in [3.8, 4) is 0 Å². The second-order valence-corrected chi connectivity index (χ2v) is 6.83. The molecule has 0 saturated carbocycles. The van der Waals surface area contributed by atoms with E-state index in [1.54, 1.807) is 0 Å². The zero-order valence-corrected chi connectivity index (χ0v) is 13.6. The topological polar surface area (TPSA) is 21.8 Å². The van der Waals surface area contributed by atoms with Gasteiger partial charge in [0.2, 0.25) is 0 Å². The molecule has 0 radical (unpaired) electrons. The molecule has 0 aromatic carbocycles. The molecule has 2 bridgehead atoms. The van der Waals surface area contributed by atoms with Crippen LogP contribution in [0.5, 0.6) is 0 Å². The van der Waals surface area contributed by atoms with E-state index in [-0.39, 0.29) is 0 Å². The van der Waals surface area contributed by atoms with Gasteiger partial charge in [0.25, 0.3) is 0 Å². The molecule has 0 spiro atoms.